The maximum Gasteiger partial charge on any atom is 0.257 e. The van der Waals surface area contributed by atoms with Gasteiger partial charge in [0.2, 0.25) is 0 Å². The number of hydrogen-bond acceptors (Lipinski definition) is 6. The molecule has 5 heterocycles. The van der Waals surface area contributed by atoms with Crippen molar-refractivity contribution in [3.63, 3.8) is 0 Å². The molecule has 0 radical (unpaired) electrons. The van der Waals surface area contributed by atoms with E-state index in [1.54, 1.807) is 12.5 Å². The highest BCUT2D eigenvalue weighted by Gasteiger charge is 2.43. The summed E-state index contributed by atoms with van der Waals surface area (Å²) >= 11 is 0. The van der Waals surface area contributed by atoms with Gasteiger partial charge in [0, 0.05) is 12.0 Å². The molecule has 0 saturated carbocycles. The summed E-state index contributed by atoms with van der Waals surface area (Å²) in [6.45, 7) is 7.62. The first-order valence-corrected chi connectivity index (χ1v) is 11.0. The smallest absolute Gasteiger partial charge is 0.257 e. The molecule has 7 nitrogen and oxygen atoms in total. The number of nitrogens with one attached hydrogen (secondary N) is 1. The van der Waals surface area contributed by atoms with E-state index in [2.05, 4.69) is 5.32 Å². The third-order valence-electron chi connectivity index (χ3n) is 6.39. The van der Waals surface area contributed by atoms with Gasteiger partial charge in [-0.05, 0) is 74.2 Å². The normalized spacial score (nSPS) is 15.6. The summed E-state index contributed by atoms with van der Waals surface area (Å²) in [7, 11) is 0. The third kappa shape index (κ3) is 2.83. The Morgan fingerprint density at radius 1 is 0.706 bits per heavy atom. The van der Waals surface area contributed by atoms with E-state index in [0.29, 0.717) is 57.0 Å². The van der Waals surface area contributed by atoms with Crippen molar-refractivity contribution < 1.29 is 27.3 Å². The number of aryl methyl sites for hydroxylation is 4. The molecule has 0 bridgehead atoms. The Balaban J connectivity index is 1.48. The summed E-state index contributed by atoms with van der Waals surface area (Å²) in [6.07, 6.45) is 3.28. The van der Waals surface area contributed by atoms with Crippen LogP contribution in [-0.4, -0.2) is 11.7 Å². The molecule has 0 aromatic carbocycles. The van der Waals surface area contributed by atoms with Crippen LogP contribution in [-0.2, 0) is 9.59 Å². The largest absolute Gasteiger partial charge is 0.461 e. The Bertz CT molecular complexity index is 1460. The van der Waals surface area contributed by atoms with Crippen LogP contribution < -0.4 is 5.32 Å². The van der Waals surface area contributed by atoms with E-state index < -0.39 is 0 Å². The summed E-state index contributed by atoms with van der Waals surface area (Å²) in [5.74, 6) is 2.81. The predicted molar refractivity (Wildman–Crippen MR) is 123 cm³/mol. The van der Waals surface area contributed by atoms with Gasteiger partial charge in [0.1, 0.15) is 5.76 Å². The minimum atomic E-state index is -0.344. The van der Waals surface area contributed by atoms with E-state index >= 15 is 0 Å². The molecule has 4 aromatic rings. The standard InChI is InChI=1S/C27H21NO6/c1-12-5-7-31-24(12)18-9-14(3)23(33-18)16-11-17(29)21-20(16)27(30)28-22(21)26-15(4)10-19(34-26)25-13(2)6-8-32-25/h5-10H,11H2,1-4H3,(H,28,30). The minimum absolute atomic E-state index is 0.0798. The molecule has 7 heteroatoms. The van der Waals surface area contributed by atoms with Gasteiger partial charge in [-0.1, -0.05) is 0 Å². The van der Waals surface area contributed by atoms with Gasteiger partial charge in [0.05, 0.1) is 29.4 Å². The van der Waals surface area contributed by atoms with Crippen LogP contribution in [0.5, 0.6) is 0 Å². The van der Waals surface area contributed by atoms with Crippen LogP contribution >= 0.6 is 0 Å². The lowest BCUT2D eigenvalue weighted by molar-refractivity contribution is -0.116. The van der Waals surface area contributed by atoms with Crippen LogP contribution in [0, 0.1) is 27.7 Å². The number of allylic oxidation sites excluding steroid dienone is 1. The summed E-state index contributed by atoms with van der Waals surface area (Å²) in [5, 5.41) is 2.86. The van der Waals surface area contributed by atoms with Crippen LogP contribution in [0.15, 0.2) is 65.6 Å². The fraction of sp³-hybridized carbons (Fsp3) is 0.185. The molecule has 1 aliphatic heterocycles. The van der Waals surface area contributed by atoms with Crippen LogP contribution in [0.1, 0.15) is 40.2 Å². The highest BCUT2D eigenvalue weighted by molar-refractivity contribution is 6.31. The van der Waals surface area contributed by atoms with E-state index in [1.165, 1.54) is 0 Å². The molecule has 6 rings (SSSR count). The Labute approximate surface area is 194 Å². The second kappa shape index (κ2) is 7.12. The molecule has 0 atom stereocenters. The molecule has 1 N–H and O–H groups in total. The number of carbonyl (C=O) groups excluding carboxylic acids is 2. The molecule has 1 aliphatic carbocycles. The van der Waals surface area contributed by atoms with E-state index in [-0.39, 0.29) is 18.1 Å². The molecule has 0 unspecified atom stereocenters. The van der Waals surface area contributed by atoms with E-state index in [9.17, 15) is 9.59 Å². The first kappa shape index (κ1) is 20.4. The second-order valence-electron chi connectivity index (χ2n) is 8.77. The van der Waals surface area contributed by atoms with Crippen molar-refractivity contribution in [3.05, 3.63) is 81.7 Å². The van der Waals surface area contributed by atoms with E-state index in [4.69, 9.17) is 17.7 Å². The van der Waals surface area contributed by atoms with Crippen LogP contribution in [0.4, 0.5) is 0 Å². The molecule has 2 aliphatic rings. The number of hydrogen-bond donors (Lipinski definition) is 1. The number of ketones is 1. The summed E-state index contributed by atoms with van der Waals surface area (Å²) < 4.78 is 23.3. The lowest BCUT2D eigenvalue weighted by Crippen LogP contribution is -2.16. The van der Waals surface area contributed by atoms with Crippen LogP contribution in [0.3, 0.4) is 0 Å². The van der Waals surface area contributed by atoms with Gasteiger partial charge in [-0.25, -0.2) is 0 Å². The zero-order chi connectivity index (χ0) is 23.7. The molecule has 1 amide bonds. The number of rotatable bonds is 4. The summed E-state index contributed by atoms with van der Waals surface area (Å²) in [4.78, 5) is 26.2. The van der Waals surface area contributed by atoms with Crippen molar-refractivity contribution in [1.29, 1.82) is 0 Å². The summed E-state index contributed by atoms with van der Waals surface area (Å²) in [5.41, 5.74) is 5.14. The van der Waals surface area contributed by atoms with E-state index in [0.717, 1.165) is 22.3 Å². The monoisotopic (exact) mass is 455 g/mol. The fourth-order valence-corrected chi connectivity index (χ4v) is 4.73. The zero-order valence-electron chi connectivity index (χ0n) is 19.1. The van der Waals surface area contributed by atoms with Gasteiger partial charge >= 0.3 is 0 Å². The molecular weight excluding hydrogens is 434 g/mol. The van der Waals surface area contributed by atoms with Gasteiger partial charge in [-0.3, -0.25) is 9.59 Å². The minimum Gasteiger partial charge on any atom is -0.461 e. The van der Waals surface area contributed by atoms with Gasteiger partial charge < -0.3 is 23.0 Å². The maximum atomic E-state index is 13.2. The number of fused-ring (bicyclic) bond motifs is 1. The Morgan fingerprint density at radius 2 is 1.26 bits per heavy atom. The van der Waals surface area contributed by atoms with Crippen molar-refractivity contribution in [2.45, 2.75) is 34.1 Å². The van der Waals surface area contributed by atoms with Gasteiger partial charge in [0.15, 0.2) is 34.6 Å². The zero-order valence-corrected chi connectivity index (χ0v) is 19.1. The maximum absolute atomic E-state index is 13.2. The lowest BCUT2D eigenvalue weighted by atomic mass is 10.0. The highest BCUT2D eigenvalue weighted by atomic mass is 16.4. The Hall–Kier alpha value is -4.26. The average Bonchev–Trinajstić information content (AvgIpc) is 3.59. The molecule has 170 valence electrons. The number of carbonyl (C=O) groups is 2. The van der Waals surface area contributed by atoms with Crippen molar-refractivity contribution in [1.82, 2.24) is 5.32 Å². The average molecular weight is 455 g/mol. The number of furan rings is 4. The Morgan fingerprint density at radius 3 is 1.82 bits per heavy atom. The first-order valence-electron chi connectivity index (χ1n) is 11.0. The predicted octanol–water partition coefficient (Wildman–Crippen LogP) is 5.89. The molecule has 0 saturated heterocycles. The fourth-order valence-electron chi connectivity index (χ4n) is 4.73. The number of Topliss-reactive ketones (excluding diaryl/α,β-unsaturated/α-hetero) is 1. The first-order chi connectivity index (χ1) is 16.3. The lowest BCUT2D eigenvalue weighted by Gasteiger charge is -2.04. The molecule has 34 heavy (non-hydrogen) atoms. The number of amides is 1. The Kier molecular flexibility index (Phi) is 4.26. The highest BCUT2D eigenvalue weighted by Crippen LogP contribution is 2.45. The van der Waals surface area contributed by atoms with Crippen LogP contribution in [0.2, 0.25) is 0 Å². The topological polar surface area (TPSA) is 98.7 Å². The van der Waals surface area contributed by atoms with E-state index in [1.807, 2.05) is 52.0 Å². The van der Waals surface area contributed by atoms with Crippen LogP contribution in [0.25, 0.3) is 34.3 Å². The van der Waals surface area contributed by atoms with Gasteiger partial charge in [-0.2, -0.15) is 0 Å². The molecule has 0 spiro atoms. The van der Waals surface area contributed by atoms with Crippen molar-refractivity contribution >= 4 is 23.0 Å². The van der Waals surface area contributed by atoms with Gasteiger partial charge in [-0.15, -0.1) is 0 Å². The third-order valence-corrected chi connectivity index (χ3v) is 6.39. The molecule has 4 aromatic heterocycles. The quantitative estimate of drug-likeness (QED) is 0.412. The van der Waals surface area contributed by atoms with Crippen molar-refractivity contribution in [3.8, 4) is 23.0 Å². The van der Waals surface area contributed by atoms with Crippen molar-refractivity contribution in [2.75, 3.05) is 0 Å². The van der Waals surface area contributed by atoms with Crippen molar-refractivity contribution in [2.24, 2.45) is 0 Å². The molecular formula is C27H21NO6. The summed E-state index contributed by atoms with van der Waals surface area (Å²) in [6, 6.07) is 7.42. The SMILES string of the molecule is Cc1cc(-c2occc2C)oc1C1=C2C(=O)NC(c3oc(-c4occc4C)cc3C)=C2C(=O)C1. The second-order valence-corrected chi connectivity index (χ2v) is 8.77. The van der Waals surface area contributed by atoms with Gasteiger partial charge in [0.25, 0.3) is 5.91 Å². The molecule has 0 fully saturated rings.